The first-order chi connectivity index (χ1) is 12.0. The lowest BCUT2D eigenvalue weighted by molar-refractivity contribution is 0.0724. The number of carbonyl (C=O) groups excluding carboxylic acids is 1. The number of furan rings is 1. The zero-order valence-corrected chi connectivity index (χ0v) is 14.7. The van der Waals surface area contributed by atoms with Crippen molar-refractivity contribution in [2.24, 2.45) is 0 Å². The van der Waals surface area contributed by atoms with Crippen LogP contribution in [0.4, 0.5) is 0 Å². The maximum atomic E-state index is 13.2. The van der Waals surface area contributed by atoms with Crippen molar-refractivity contribution >= 4 is 17.0 Å². The third kappa shape index (κ3) is 2.78. The van der Waals surface area contributed by atoms with Gasteiger partial charge in [-0.15, -0.1) is 0 Å². The highest BCUT2D eigenvalue weighted by molar-refractivity contribution is 5.97. The van der Waals surface area contributed by atoms with Crippen molar-refractivity contribution in [1.82, 2.24) is 9.47 Å². The number of hydrogen-bond donors (Lipinski definition) is 0. The van der Waals surface area contributed by atoms with Crippen LogP contribution in [-0.2, 0) is 19.5 Å². The molecule has 0 unspecified atom stereocenters. The summed E-state index contributed by atoms with van der Waals surface area (Å²) >= 11 is 0. The Labute approximate surface area is 147 Å². The molecule has 0 saturated heterocycles. The summed E-state index contributed by atoms with van der Waals surface area (Å²) < 4.78 is 7.77. The lowest BCUT2D eigenvalue weighted by Crippen LogP contribution is -2.37. The number of benzene rings is 1. The maximum Gasteiger partial charge on any atom is 0.270 e. The van der Waals surface area contributed by atoms with E-state index < -0.39 is 0 Å². The molecule has 0 spiro atoms. The van der Waals surface area contributed by atoms with Crippen LogP contribution in [0.1, 0.15) is 34.3 Å². The topological polar surface area (TPSA) is 38.4 Å². The number of allylic oxidation sites excluding steroid dienone is 1. The molecule has 0 saturated carbocycles. The minimum Gasteiger partial charge on any atom is -0.460 e. The normalized spacial score (nSPS) is 13.9. The quantitative estimate of drug-likeness (QED) is 0.669. The summed E-state index contributed by atoms with van der Waals surface area (Å²) in [6, 6.07) is 12.2. The highest BCUT2D eigenvalue weighted by Gasteiger charge is 2.26. The zero-order valence-electron chi connectivity index (χ0n) is 14.7. The van der Waals surface area contributed by atoms with E-state index in [-0.39, 0.29) is 5.91 Å². The lowest BCUT2D eigenvalue weighted by atomic mass is 10.00. The van der Waals surface area contributed by atoms with Gasteiger partial charge in [0.25, 0.3) is 5.91 Å². The second-order valence-electron chi connectivity index (χ2n) is 6.92. The number of carbonyl (C=O) groups is 1. The Morgan fingerprint density at radius 2 is 2.00 bits per heavy atom. The molecule has 1 aliphatic rings. The van der Waals surface area contributed by atoms with Gasteiger partial charge in [0, 0.05) is 31.8 Å². The summed E-state index contributed by atoms with van der Waals surface area (Å²) in [5.41, 5.74) is 5.99. The van der Waals surface area contributed by atoms with E-state index in [9.17, 15) is 4.79 Å². The molecular formula is C21H22N2O2. The van der Waals surface area contributed by atoms with E-state index in [2.05, 4.69) is 24.8 Å². The molecular weight excluding hydrogens is 312 g/mol. The van der Waals surface area contributed by atoms with Crippen molar-refractivity contribution < 1.29 is 9.21 Å². The van der Waals surface area contributed by atoms with Crippen LogP contribution >= 0.6 is 0 Å². The van der Waals surface area contributed by atoms with Crippen LogP contribution in [0.5, 0.6) is 0 Å². The van der Waals surface area contributed by atoms with Gasteiger partial charge in [-0.05, 0) is 31.4 Å². The van der Waals surface area contributed by atoms with Crippen molar-refractivity contribution in [2.45, 2.75) is 33.4 Å². The molecule has 4 rings (SSSR count). The Morgan fingerprint density at radius 3 is 2.76 bits per heavy atom. The fraction of sp³-hybridized carbons (Fsp3) is 0.286. The third-order valence-electron chi connectivity index (χ3n) is 4.78. The SMILES string of the molecule is C=C(C)Cn1c(C(=O)N2CCc3ccccc3C2)cc2oc(C)cc21. The van der Waals surface area contributed by atoms with Gasteiger partial charge < -0.3 is 13.9 Å². The van der Waals surface area contributed by atoms with E-state index in [1.807, 2.05) is 41.5 Å². The zero-order chi connectivity index (χ0) is 17.6. The summed E-state index contributed by atoms with van der Waals surface area (Å²) in [5, 5.41) is 0. The van der Waals surface area contributed by atoms with Crippen LogP contribution in [0, 0.1) is 6.92 Å². The maximum absolute atomic E-state index is 13.2. The highest BCUT2D eigenvalue weighted by Crippen LogP contribution is 2.27. The minimum absolute atomic E-state index is 0.0554. The predicted molar refractivity (Wildman–Crippen MR) is 98.6 cm³/mol. The average molecular weight is 334 g/mol. The predicted octanol–water partition coefficient (Wildman–Crippen LogP) is 4.32. The average Bonchev–Trinajstić information content (AvgIpc) is 3.10. The van der Waals surface area contributed by atoms with Crippen molar-refractivity contribution in [3.8, 4) is 0 Å². The molecule has 4 heteroatoms. The van der Waals surface area contributed by atoms with Crippen molar-refractivity contribution in [2.75, 3.05) is 6.54 Å². The van der Waals surface area contributed by atoms with Gasteiger partial charge in [0.2, 0.25) is 0 Å². The Balaban J connectivity index is 1.70. The van der Waals surface area contributed by atoms with Gasteiger partial charge in [-0.2, -0.15) is 0 Å². The summed E-state index contributed by atoms with van der Waals surface area (Å²) in [4.78, 5) is 15.1. The molecule has 3 heterocycles. The number of amides is 1. The van der Waals surface area contributed by atoms with Gasteiger partial charge in [0.15, 0.2) is 5.58 Å². The number of hydrogen-bond acceptors (Lipinski definition) is 2. The Bertz CT molecular complexity index is 977. The Kier molecular flexibility index (Phi) is 3.75. The summed E-state index contributed by atoms with van der Waals surface area (Å²) in [6.07, 6.45) is 0.901. The smallest absolute Gasteiger partial charge is 0.270 e. The number of nitrogens with zero attached hydrogens (tertiary/aromatic N) is 2. The number of rotatable bonds is 3. The van der Waals surface area contributed by atoms with Crippen LogP contribution in [0.15, 0.2) is 53.0 Å². The largest absolute Gasteiger partial charge is 0.460 e. The molecule has 1 aliphatic heterocycles. The molecule has 128 valence electrons. The summed E-state index contributed by atoms with van der Waals surface area (Å²) in [6.45, 7) is 9.94. The van der Waals surface area contributed by atoms with Crippen LogP contribution in [-0.4, -0.2) is 21.9 Å². The second-order valence-corrected chi connectivity index (χ2v) is 6.92. The minimum atomic E-state index is 0.0554. The highest BCUT2D eigenvalue weighted by atomic mass is 16.3. The van der Waals surface area contributed by atoms with Gasteiger partial charge in [0.05, 0.1) is 5.52 Å². The summed E-state index contributed by atoms with van der Waals surface area (Å²) in [5.74, 6) is 0.908. The van der Waals surface area contributed by atoms with Crippen LogP contribution in [0.2, 0.25) is 0 Å². The first-order valence-corrected chi connectivity index (χ1v) is 8.63. The number of aryl methyl sites for hydroxylation is 1. The third-order valence-corrected chi connectivity index (χ3v) is 4.78. The monoisotopic (exact) mass is 334 g/mol. The Hall–Kier alpha value is -2.75. The standard InChI is InChI=1S/C21H22N2O2/c1-14(2)12-23-18-10-15(3)25-20(18)11-19(23)21(24)22-9-8-16-6-4-5-7-17(16)13-22/h4-7,10-11H,1,8-9,12-13H2,2-3H3. The van der Waals surface area contributed by atoms with Crippen molar-refractivity contribution in [3.05, 3.63) is 71.1 Å². The van der Waals surface area contributed by atoms with E-state index in [4.69, 9.17) is 4.42 Å². The molecule has 25 heavy (non-hydrogen) atoms. The van der Waals surface area contributed by atoms with Crippen LogP contribution in [0.3, 0.4) is 0 Å². The molecule has 0 fully saturated rings. The van der Waals surface area contributed by atoms with Gasteiger partial charge in [0.1, 0.15) is 11.5 Å². The van der Waals surface area contributed by atoms with E-state index in [0.717, 1.165) is 35.4 Å². The second kappa shape index (κ2) is 5.96. The fourth-order valence-corrected chi connectivity index (χ4v) is 3.61. The molecule has 1 aromatic carbocycles. The first kappa shape index (κ1) is 15.8. The van der Waals surface area contributed by atoms with Crippen molar-refractivity contribution in [3.63, 3.8) is 0 Å². The lowest BCUT2D eigenvalue weighted by Gasteiger charge is -2.29. The van der Waals surface area contributed by atoms with Gasteiger partial charge in [-0.1, -0.05) is 36.4 Å². The van der Waals surface area contributed by atoms with E-state index >= 15 is 0 Å². The fourth-order valence-electron chi connectivity index (χ4n) is 3.61. The molecule has 0 bridgehead atoms. The molecule has 4 nitrogen and oxygen atoms in total. The molecule has 2 aromatic heterocycles. The Morgan fingerprint density at radius 1 is 1.24 bits per heavy atom. The van der Waals surface area contributed by atoms with Crippen molar-refractivity contribution in [1.29, 1.82) is 0 Å². The summed E-state index contributed by atoms with van der Waals surface area (Å²) in [7, 11) is 0. The molecule has 1 amide bonds. The van der Waals surface area contributed by atoms with Gasteiger partial charge in [-0.25, -0.2) is 0 Å². The molecule has 0 radical (unpaired) electrons. The van der Waals surface area contributed by atoms with E-state index in [0.29, 0.717) is 18.8 Å². The first-order valence-electron chi connectivity index (χ1n) is 8.63. The molecule has 3 aromatic rings. The van der Waals surface area contributed by atoms with Crippen LogP contribution in [0.25, 0.3) is 11.1 Å². The molecule has 0 N–H and O–H groups in total. The van der Waals surface area contributed by atoms with E-state index in [1.165, 1.54) is 11.1 Å². The number of aromatic nitrogens is 1. The van der Waals surface area contributed by atoms with Crippen LogP contribution < -0.4 is 0 Å². The van der Waals surface area contributed by atoms with Gasteiger partial charge >= 0.3 is 0 Å². The van der Waals surface area contributed by atoms with E-state index in [1.54, 1.807) is 0 Å². The molecule has 0 aliphatic carbocycles. The molecule has 0 atom stereocenters. The van der Waals surface area contributed by atoms with Gasteiger partial charge in [-0.3, -0.25) is 4.79 Å². The number of fused-ring (bicyclic) bond motifs is 2.